The number of unbranched alkanes of at least 4 members (excludes halogenated alkanes) is 1. The third-order valence-electron chi connectivity index (χ3n) is 6.26. The number of guanidine groups is 2. The molecule has 4 unspecified atom stereocenters. The number of nitrogens with zero attached hydrogens (tertiary/aromatic N) is 3. The molecule has 1 heterocycles. The van der Waals surface area contributed by atoms with Crippen LogP contribution in [0, 0.1) is 0 Å². The van der Waals surface area contributed by atoms with Crippen molar-refractivity contribution in [1.82, 2.24) is 15.5 Å². The molecule has 0 saturated carbocycles. The maximum atomic E-state index is 13.2. The van der Waals surface area contributed by atoms with E-state index in [1.807, 2.05) is 0 Å². The van der Waals surface area contributed by atoms with Crippen LogP contribution in [-0.2, 0) is 19.2 Å². The van der Waals surface area contributed by atoms with Crippen LogP contribution in [0.2, 0.25) is 0 Å². The number of carboxylic acid groups (broad SMARTS) is 1. The lowest BCUT2D eigenvalue weighted by atomic mass is 10.1. The standard InChI is InChI=1S/C23H45N11O5/c24-10-2-1-7-16(21(38)39)33-18(35)15(8-4-12-31-23(28)29)32-19(36)17-9-5-13-34(17)20(37)14(25)6-3-11-30-22(26)27/h14-17H,1-13,24-25H2,(H,32,36)(H,33,35)(H,38,39)(H4,26,27,30)(H4,28,29,31). The van der Waals surface area contributed by atoms with Crippen molar-refractivity contribution in [1.29, 1.82) is 0 Å². The van der Waals surface area contributed by atoms with Gasteiger partial charge in [0, 0.05) is 19.6 Å². The lowest BCUT2D eigenvalue weighted by Crippen LogP contribution is -2.56. The number of nitrogens with one attached hydrogen (secondary N) is 2. The fraction of sp³-hybridized carbons (Fsp3) is 0.739. The second-order valence-corrected chi connectivity index (χ2v) is 9.44. The van der Waals surface area contributed by atoms with Crippen LogP contribution < -0.4 is 45.0 Å². The van der Waals surface area contributed by atoms with Gasteiger partial charge in [-0.3, -0.25) is 24.4 Å². The molecule has 1 rings (SSSR count). The van der Waals surface area contributed by atoms with Gasteiger partial charge in [0.2, 0.25) is 17.7 Å². The Morgan fingerprint density at radius 1 is 0.872 bits per heavy atom. The molecule has 1 aliphatic rings. The highest BCUT2D eigenvalue weighted by Gasteiger charge is 2.37. The van der Waals surface area contributed by atoms with Crippen molar-refractivity contribution in [2.75, 3.05) is 26.2 Å². The molecule has 0 spiro atoms. The third kappa shape index (κ3) is 12.6. The fourth-order valence-electron chi connectivity index (χ4n) is 4.22. The molecule has 0 bridgehead atoms. The monoisotopic (exact) mass is 555 g/mol. The number of rotatable bonds is 18. The van der Waals surface area contributed by atoms with E-state index in [0.29, 0.717) is 64.6 Å². The van der Waals surface area contributed by atoms with E-state index in [1.165, 1.54) is 4.90 Å². The van der Waals surface area contributed by atoms with E-state index in [0.717, 1.165) is 0 Å². The number of aliphatic imine (C=N–C) groups is 2. The highest BCUT2D eigenvalue weighted by Crippen LogP contribution is 2.20. The molecule has 1 saturated heterocycles. The number of amides is 3. The third-order valence-corrected chi connectivity index (χ3v) is 6.26. The van der Waals surface area contributed by atoms with Gasteiger partial charge in [0.25, 0.3) is 0 Å². The van der Waals surface area contributed by atoms with Crippen molar-refractivity contribution in [2.45, 2.75) is 82.0 Å². The SMILES string of the molecule is NCCCCC(NC(=O)C(CCCN=C(N)N)NC(=O)C1CCCN1C(=O)C(N)CCCN=C(N)N)C(=O)O. The molecule has 222 valence electrons. The first kappa shape index (κ1) is 33.4. The van der Waals surface area contributed by atoms with E-state index < -0.39 is 42.0 Å². The first-order valence-corrected chi connectivity index (χ1v) is 13.2. The van der Waals surface area contributed by atoms with Gasteiger partial charge in [-0.25, -0.2) is 4.79 Å². The average Bonchev–Trinajstić information content (AvgIpc) is 3.36. The summed E-state index contributed by atoms with van der Waals surface area (Å²) >= 11 is 0. The maximum Gasteiger partial charge on any atom is 0.326 e. The molecule has 0 radical (unpaired) electrons. The molecule has 1 aliphatic heterocycles. The van der Waals surface area contributed by atoms with E-state index in [2.05, 4.69) is 20.6 Å². The minimum atomic E-state index is -1.19. The van der Waals surface area contributed by atoms with Gasteiger partial charge in [0.15, 0.2) is 11.9 Å². The molecule has 0 aromatic rings. The van der Waals surface area contributed by atoms with Gasteiger partial charge < -0.3 is 55.0 Å². The van der Waals surface area contributed by atoms with Crippen LogP contribution in [-0.4, -0.2) is 96.0 Å². The predicted octanol–water partition coefficient (Wildman–Crippen LogP) is -3.40. The predicted molar refractivity (Wildman–Crippen MR) is 147 cm³/mol. The Labute approximate surface area is 228 Å². The zero-order valence-corrected chi connectivity index (χ0v) is 22.4. The Bertz CT molecular complexity index is 875. The van der Waals surface area contributed by atoms with E-state index in [1.54, 1.807) is 0 Å². The van der Waals surface area contributed by atoms with Crippen molar-refractivity contribution >= 4 is 35.6 Å². The van der Waals surface area contributed by atoms with E-state index in [4.69, 9.17) is 34.4 Å². The Morgan fingerprint density at radius 2 is 1.46 bits per heavy atom. The zero-order valence-electron chi connectivity index (χ0n) is 22.4. The van der Waals surface area contributed by atoms with Gasteiger partial charge in [0.1, 0.15) is 18.1 Å². The summed E-state index contributed by atoms with van der Waals surface area (Å²) in [5, 5.41) is 14.7. The van der Waals surface area contributed by atoms with Crippen LogP contribution in [0.5, 0.6) is 0 Å². The van der Waals surface area contributed by atoms with E-state index >= 15 is 0 Å². The summed E-state index contributed by atoms with van der Waals surface area (Å²) in [6, 6.07) is -3.85. The summed E-state index contributed by atoms with van der Waals surface area (Å²) in [5.41, 5.74) is 32.8. The van der Waals surface area contributed by atoms with Crippen molar-refractivity contribution in [3.63, 3.8) is 0 Å². The van der Waals surface area contributed by atoms with Crippen LogP contribution in [0.3, 0.4) is 0 Å². The Kier molecular flexibility index (Phi) is 15.2. The average molecular weight is 556 g/mol. The largest absolute Gasteiger partial charge is 0.480 e. The second-order valence-electron chi connectivity index (χ2n) is 9.44. The molecule has 4 atom stereocenters. The molecule has 1 fully saturated rings. The Balaban J connectivity index is 2.90. The normalized spacial score (nSPS) is 17.0. The van der Waals surface area contributed by atoms with Crippen LogP contribution >= 0.6 is 0 Å². The molecule has 3 amide bonds. The maximum absolute atomic E-state index is 13.2. The zero-order chi connectivity index (χ0) is 29.4. The lowest BCUT2D eigenvalue weighted by molar-refractivity contribution is -0.143. The van der Waals surface area contributed by atoms with Crippen LogP contribution in [0.4, 0.5) is 0 Å². The van der Waals surface area contributed by atoms with Crippen molar-refractivity contribution in [3.8, 4) is 0 Å². The number of hydrogen-bond donors (Lipinski definition) is 9. The minimum absolute atomic E-state index is 0.0479. The number of likely N-dealkylation sites (tertiary alicyclic amines) is 1. The van der Waals surface area contributed by atoms with Crippen LogP contribution in [0.15, 0.2) is 9.98 Å². The van der Waals surface area contributed by atoms with Gasteiger partial charge >= 0.3 is 5.97 Å². The molecule has 16 heteroatoms. The molecule has 16 nitrogen and oxygen atoms in total. The summed E-state index contributed by atoms with van der Waals surface area (Å²) in [5.74, 6) is -2.90. The number of nitrogens with two attached hydrogens (primary N) is 6. The van der Waals surface area contributed by atoms with E-state index in [-0.39, 0.29) is 37.2 Å². The van der Waals surface area contributed by atoms with Crippen molar-refractivity contribution < 1.29 is 24.3 Å². The topological polar surface area (TPSA) is 297 Å². The summed E-state index contributed by atoms with van der Waals surface area (Å²) in [4.78, 5) is 60.1. The second kappa shape index (κ2) is 17.8. The molecule has 0 aromatic heterocycles. The summed E-state index contributed by atoms with van der Waals surface area (Å²) < 4.78 is 0. The number of carboxylic acids is 1. The summed E-state index contributed by atoms with van der Waals surface area (Å²) in [6.45, 7) is 1.29. The van der Waals surface area contributed by atoms with Gasteiger partial charge in [-0.05, 0) is 64.3 Å². The lowest BCUT2D eigenvalue weighted by Gasteiger charge is -2.28. The molecule has 0 aromatic carbocycles. The molecule has 39 heavy (non-hydrogen) atoms. The summed E-state index contributed by atoms with van der Waals surface area (Å²) in [6.07, 6.45) is 3.62. The van der Waals surface area contributed by atoms with Gasteiger partial charge in [-0.1, -0.05) is 0 Å². The number of carbonyl (C=O) groups is 4. The van der Waals surface area contributed by atoms with Crippen molar-refractivity contribution in [2.24, 2.45) is 44.4 Å². The Hall–Kier alpha value is -3.66. The van der Waals surface area contributed by atoms with E-state index in [9.17, 15) is 24.3 Å². The van der Waals surface area contributed by atoms with Crippen LogP contribution in [0.1, 0.15) is 57.8 Å². The highest BCUT2D eigenvalue weighted by atomic mass is 16.4. The van der Waals surface area contributed by atoms with Crippen LogP contribution in [0.25, 0.3) is 0 Å². The quantitative estimate of drug-likeness (QED) is 0.0456. The first-order chi connectivity index (χ1) is 18.5. The minimum Gasteiger partial charge on any atom is -0.480 e. The Morgan fingerprint density at radius 3 is 2.03 bits per heavy atom. The number of hydrogen-bond acceptors (Lipinski definition) is 8. The smallest absolute Gasteiger partial charge is 0.326 e. The first-order valence-electron chi connectivity index (χ1n) is 13.2. The van der Waals surface area contributed by atoms with Gasteiger partial charge in [-0.2, -0.15) is 0 Å². The number of aliphatic carboxylic acids is 1. The highest BCUT2D eigenvalue weighted by molar-refractivity contribution is 5.94. The fourth-order valence-corrected chi connectivity index (χ4v) is 4.22. The van der Waals surface area contributed by atoms with Gasteiger partial charge in [0.05, 0.1) is 6.04 Å². The van der Waals surface area contributed by atoms with Crippen molar-refractivity contribution in [3.05, 3.63) is 0 Å². The molecule has 15 N–H and O–H groups in total. The van der Waals surface area contributed by atoms with Gasteiger partial charge in [-0.15, -0.1) is 0 Å². The number of carbonyl (C=O) groups excluding carboxylic acids is 3. The molecular weight excluding hydrogens is 510 g/mol. The molecule has 0 aliphatic carbocycles. The molecular formula is C23H45N11O5. The summed E-state index contributed by atoms with van der Waals surface area (Å²) in [7, 11) is 0.